The largest absolute Gasteiger partial charge is 0.485 e. The van der Waals surface area contributed by atoms with Gasteiger partial charge in [-0.2, -0.15) is 5.21 Å². The van der Waals surface area contributed by atoms with Crippen LogP contribution in [0.1, 0.15) is 23.1 Å². The monoisotopic (exact) mass is 218 g/mol. The van der Waals surface area contributed by atoms with Gasteiger partial charge in [0, 0.05) is 5.56 Å². The molecule has 0 aliphatic rings. The lowest BCUT2D eigenvalue weighted by Gasteiger charge is -2.03. The van der Waals surface area contributed by atoms with Crippen molar-refractivity contribution in [3.63, 3.8) is 0 Å². The molecule has 6 heteroatoms. The van der Waals surface area contributed by atoms with E-state index in [-0.39, 0.29) is 12.4 Å². The van der Waals surface area contributed by atoms with Gasteiger partial charge in [0.25, 0.3) is 0 Å². The molecule has 0 unspecified atom stereocenters. The van der Waals surface area contributed by atoms with Crippen molar-refractivity contribution in [2.24, 2.45) is 0 Å². The first-order valence-electron chi connectivity index (χ1n) is 4.72. The average Bonchev–Trinajstić information content (AvgIpc) is 2.80. The number of aromatic nitrogens is 4. The van der Waals surface area contributed by atoms with E-state index in [1.807, 2.05) is 0 Å². The SMILES string of the molecule is CC(=O)c1ccc(OCc2nn[nH]n2)cc1. The fraction of sp³-hybridized carbons (Fsp3) is 0.200. The summed E-state index contributed by atoms with van der Waals surface area (Å²) in [6.45, 7) is 1.77. The highest BCUT2D eigenvalue weighted by Gasteiger charge is 2.01. The summed E-state index contributed by atoms with van der Waals surface area (Å²) in [7, 11) is 0. The summed E-state index contributed by atoms with van der Waals surface area (Å²) in [5.41, 5.74) is 0.659. The van der Waals surface area contributed by atoms with E-state index in [1.165, 1.54) is 6.92 Å². The molecule has 0 bridgehead atoms. The van der Waals surface area contributed by atoms with Gasteiger partial charge in [-0.15, -0.1) is 10.2 Å². The number of hydrogen-bond acceptors (Lipinski definition) is 5. The maximum absolute atomic E-state index is 11.0. The normalized spacial score (nSPS) is 10.1. The third kappa shape index (κ3) is 2.41. The van der Waals surface area contributed by atoms with Gasteiger partial charge in [-0.25, -0.2) is 0 Å². The van der Waals surface area contributed by atoms with Crippen LogP contribution in [-0.4, -0.2) is 26.4 Å². The highest BCUT2D eigenvalue weighted by atomic mass is 16.5. The Labute approximate surface area is 91.6 Å². The molecular weight excluding hydrogens is 208 g/mol. The molecular formula is C10H10N4O2. The minimum atomic E-state index is 0.0321. The maximum atomic E-state index is 11.0. The third-order valence-electron chi connectivity index (χ3n) is 2.02. The van der Waals surface area contributed by atoms with Crippen LogP contribution in [0.5, 0.6) is 5.75 Å². The molecule has 1 heterocycles. The second kappa shape index (κ2) is 4.52. The van der Waals surface area contributed by atoms with Crippen LogP contribution in [0.4, 0.5) is 0 Å². The molecule has 6 nitrogen and oxygen atoms in total. The second-order valence-electron chi connectivity index (χ2n) is 3.20. The van der Waals surface area contributed by atoms with Crippen LogP contribution in [0, 0.1) is 0 Å². The predicted molar refractivity (Wildman–Crippen MR) is 55.0 cm³/mol. The van der Waals surface area contributed by atoms with Crippen molar-refractivity contribution < 1.29 is 9.53 Å². The molecule has 0 saturated carbocycles. The van der Waals surface area contributed by atoms with Crippen LogP contribution in [0.15, 0.2) is 24.3 Å². The van der Waals surface area contributed by atoms with Crippen LogP contribution in [0.3, 0.4) is 0 Å². The predicted octanol–water partition coefficient (Wildman–Crippen LogP) is 0.981. The van der Waals surface area contributed by atoms with Gasteiger partial charge < -0.3 is 4.74 Å². The molecule has 82 valence electrons. The number of rotatable bonds is 4. The Kier molecular flexibility index (Phi) is 2.90. The van der Waals surface area contributed by atoms with Crippen molar-refractivity contribution in [1.82, 2.24) is 20.6 Å². The van der Waals surface area contributed by atoms with E-state index in [4.69, 9.17) is 4.74 Å². The standard InChI is InChI=1S/C10H10N4O2/c1-7(15)8-2-4-9(5-3-8)16-6-10-11-13-14-12-10/h2-5H,6H2,1H3,(H,11,12,13,14). The number of nitrogens with zero attached hydrogens (tertiary/aromatic N) is 3. The van der Waals surface area contributed by atoms with Crippen LogP contribution in [0.25, 0.3) is 0 Å². The summed E-state index contributed by atoms with van der Waals surface area (Å²) >= 11 is 0. The zero-order valence-corrected chi connectivity index (χ0v) is 8.67. The number of tetrazole rings is 1. The van der Waals surface area contributed by atoms with E-state index in [0.29, 0.717) is 17.1 Å². The Bertz CT molecular complexity index is 464. The minimum absolute atomic E-state index is 0.0321. The number of carbonyl (C=O) groups excluding carboxylic acids is 1. The Morgan fingerprint density at radius 1 is 1.38 bits per heavy atom. The van der Waals surface area contributed by atoms with Gasteiger partial charge in [0.1, 0.15) is 5.75 Å². The Hall–Kier alpha value is -2.24. The third-order valence-corrected chi connectivity index (χ3v) is 2.02. The molecule has 2 aromatic rings. The van der Waals surface area contributed by atoms with Crippen molar-refractivity contribution in [3.8, 4) is 5.75 Å². The topological polar surface area (TPSA) is 80.8 Å². The van der Waals surface area contributed by atoms with Gasteiger partial charge in [-0.05, 0) is 31.2 Å². The van der Waals surface area contributed by atoms with Crippen molar-refractivity contribution in [1.29, 1.82) is 0 Å². The summed E-state index contributed by atoms with van der Waals surface area (Å²) in [5, 5.41) is 13.2. The molecule has 0 fully saturated rings. The summed E-state index contributed by atoms with van der Waals surface area (Å²) in [5.74, 6) is 1.18. The van der Waals surface area contributed by atoms with Crippen molar-refractivity contribution >= 4 is 5.78 Å². The van der Waals surface area contributed by atoms with Gasteiger partial charge in [-0.3, -0.25) is 4.79 Å². The van der Waals surface area contributed by atoms with E-state index in [1.54, 1.807) is 24.3 Å². The number of hydrogen-bond donors (Lipinski definition) is 1. The number of H-pyrrole nitrogens is 1. The zero-order chi connectivity index (χ0) is 11.4. The Balaban J connectivity index is 1.98. The van der Waals surface area contributed by atoms with E-state index in [0.717, 1.165) is 0 Å². The smallest absolute Gasteiger partial charge is 0.211 e. The van der Waals surface area contributed by atoms with E-state index >= 15 is 0 Å². The van der Waals surface area contributed by atoms with Crippen LogP contribution < -0.4 is 4.74 Å². The van der Waals surface area contributed by atoms with Crippen LogP contribution in [0.2, 0.25) is 0 Å². The fourth-order valence-electron chi connectivity index (χ4n) is 1.18. The summed E-state index contributed by atoms with van der Waals surface area (Å²) in [6.07, 6.45) is 0. The molecule has 1 aromatic heterocycles. The first kappa shape index (κ1) is 10.3. The second-order valence-corrected chi connectivity index (χ2v) is 3.20. The van der Waals surface area contributed by atoms with Crippen molar-refractivity contribution in [2.75, 3.05) is 0 Å². The maximum Gasteiger partial charge on any atom is 0.211 e. The summed E-state index contributed by atoms with van der Waals surface area (Å²) in [4.78, 5) is 11.0. The molecule has 0 spiro atoms. The molecule has 0 aliphatic carbocycles. The number of ether oxygens (including phenoxy) is 1. The first-order valence-corrected chi connectivity index (χ1v) is 4.72. The Morgan fingerprint density at radius 2 is 2.12 bits per heavy atom. The molecule has 0 radical (unpaired) electrons. The van der Waals surface area contributed by atoms with E-state index in [2.05, 4.69) is 20.6 Å². The van der Waals surface area contributed by atoms with Gasteiger partial charge in [0.05, 0.1) is 0 Å². The summed E-state index contributed by atoms with van der Waals surface area (Å²) < 4.78 is 5.39. The molecule has 0 amide bonds. The number of carbonyl (C=O) groups is 1. The van der Waals surface area contributed by atoms with Gasteiger partial charge in [0.15, 0.2) is 12.4 Å². The number of benzene rings is 1. The van der Waals surface area contributed by atoms with E-state index in [9.17, 15) is 4.79 Å². The zero-order valence-electron chi connectivity index (χ0n) is 8.67. The lowest BCUT2D eigenvalue weighted by Crippen LogP contribution is -1.98. The van der Waals surface area contributed by atoms with Crippen molar-refractivity contribution in [2.45, 2.75) is 13.5 Å². The number of nitrogens with one attached hydrogen (secondary N) is 1. The average molecular weight is 218 g/mol. The number of Topliss-reactive ketones (excluding diaryl/α,β-unsaturated/α-hetero) is 1. The van der Waals surface area contributed by atoms with Gasteiger partial charge in [-0.1, -0.05) is 5.21 Å². The lowest BCUT2D eigenvalue weighted by atomic mass is 10.1. The van der Waals surface area contributed by atoms with Crippen molar-refractivity contribution in [3.05, 3.63) is 35.7 Å². The van der Waals surface area contributed by atoms with Crippen LogP contribution in [-0.2, 0) is 6.61 Å². The molecule has 0 atom stereocenters. The van der Waals surface area contributed by atoms with Crippen LogP contribution >= 0.6 is 0 Å². The van der Waals surface area contributed by atoms with Gasteiger partial charge >= 0.3 is 0 Å². The quantitative estimate of drug-likeness (QED) is 0.773. The number of ketones is 1. The molecule has 16 heavy (non-hydrogen) atoms. The summed E-state index contributed by atoms with van der Waals surface area (Å²) in [6, 6.07) is 6.90. The fourth-order valence-corrected chi connectivity index (χ4v) is 1.18. The highest BCUT2D eigenvalue weighted by molar-refractivity contribution is 5.94. The molecule has 1 N–H and O–H groups in total. The first-order chi connectivity index (χ1) is 7.75. The lowest BCUT2D eigenvalue weighted by molar-refractivity contribution is 0.101. The highest BCUT2D eigenvalue weighted by Crippen LogP contribution is 2.13. The Morgan fingerprint density at radius 3 is 2.69 bits per heavy atom. The number of aromatic amines is 1. The molecule has 2 rings (SSSR count). The molecule has 0 saturated heterocycles. The van der Waals surface area contributed by atoms with Gasteiger partial charge in [0.2, 0.25) is 5.82 Å². The molecule has 1 aromatic carbocycles. The van der Waals surface area contributed by atoms with E-state index < -0.39 is 0 Å². The minimum Gasteiger partial charge on any atom is -0.485 e. The molecule has 0 aliphatic heterocycles.